The number of alkyl halides is 3. The number of halogens is 4. The molecule has 2 nitrogen and oxygen atoms in total. The highest BCUT2D eigenvalue weighted by Gasteiger charge is 2.35. The molecule has 0 aliphatic rings. The van der Waals surface area contributed by atoms with Crippen molar-refractivity contribution in [1.82, 2.24) is 10.3 Å². The highest BCUT2D eigenvalue weighted by Crippen LogP contribution is 2.36. The van der Waals surface area contributed by atoms with Crippen LogP contribution < -0.4 is 5.32 Å². The van der Waals surface area contributed by atoms with Gasteiger partial charge >= 0.3 is 6.18 Å². The van der Waals surface area contributed by atoms with Gasteiger partial charge in [-0.2, -0.15) is 13.2 Å². The van der Waals surface area contributed by atoms with Crippen LogP contribution in [0.3, 0.4) is 0 Å². The fraction of sp³-hybridized carbons (Fsp3) is 0.214. The number of nitrogens with zero attached hydrogens (tertiary/aromatic N) is 1. The molecule has 0 saturated carbocycles. The topological polar surface area (TPSA) is 24.9 Å². The molecule has 0 spiro atoms. The molecule has 0 amide bonds. The van der Waals surface area contributed by atoms with E-state index in [4.69, 9.17) is 11.6 Å². The molecule has 0 radical (unpaired) electrons. The summed E-state index contributed by atoms with van der Waals surface area (Å²) in [5.74, 6) is 0. The summed E-state index contributed by atoms with van der Waals surface area (Å²) in [4.78, 5) is 3.80. The van der Waals surface area contributed by atoms with E-state index in [9.17, 15) is 13.2 Å². The largest absolute Gasteiger partial charge is 0.416 e. The molecule has 1 heterocycles. The van der Waals surface area contributed by atoms with Crippen LogP contribution in [0, 0.1) is 0 Å². The van der Waals surface area contributed by atoms with E-state index in [1.165, 1.54) is 6.20 Å². The maximum absolute atomic E-state index is 13.1. The van der Waals surface area contributed by atoms with Gasteiger partial charge in [0.05, 0.1) is 11.6 Å². The lowest BCUT2D eigenvalue weighted by atomic mass is 9.96. The molecule has 2 rings (SSSR count). The number of aromatic nitrogens is 1. The van der Waals surface area contributed by atoms with Crippen molar-refractivity contribution in [2.24, 2.45) is 0 Å². The van der Waals surface area contributed by atoms with Crippen LogP contribution in [0.5, 0.6) is 0 Å². The van der Waals surface area contributed by atoms with Crippen LogP contribution >= 0.6 is 11.6 Å². The second-order valence-electron chi connectivity index (χ2n) is 4.24. The lowest BCUT2D eigenvalue weighted by molar-refractivity contribution is -0.138. The summed E-state index contributed by atoms with van der Waals surface area (Å²) in [5, 5.41) is 3.35. The third-order valence-electron chi connectivity index (χ3n) is 2.94. The molecule has 1 N–H and O–H groups in total. The van der Waals surface area contributed by atoms with Crippen LogP contribution in [0.2, 0.25) is 5.02 Å². The van der Waals surface area contributed by atoms with Crippen molar-refractivity contribution in [1.29, 1.82) is 0 Å². The van der Waals surface area contributed by atoms with Crippen LogP contribution in [-0.2, 0) is 6.18 Å². The van der Waals surface area contributed by atoms with Crippen molar-refractivity contribution in [3.05, 3.63) is 64.4 Å². The molecule has 0 saturated heterocycles. The highest BCUT2D eigenvalue weighted by atomic mass is 35.5. The Bertz CT molecular complexity index is 599. The molecule has 0 fully saturated rings. The van der Waals surface area contributed by atoms with E-state index in [1.54, 1.807) is 31.3 Å². The van der Waals surface area contributed by atoms with Gasteiger partial charge in [0.2, 0.25) is 0 Å². The first-order valence-electron chi connectivity index (χ1n) is 5.87. The molecule has 0 bridgehead atoms. The Morgan fingerprint density at radius 1 is 1.25 bits per heavy atom. The summed E-state index contributed by atoms with van der Waals surface area (Å²) >= 11 is 5.90. The second-order valence-corrected chi connectivity index (χ2v) is 4.67. The molecular formula is C14H12ClF3N2. The van der Waals surface area contributed by atoms with E-state index in [2.05, 4.69) is 10.3 Å². The summed E-state index contributed by atoms with van der Waals surface area (Å²) in [5.41, 5.74) is 0.0232. The molecule has 0 aliphatic heterocycles. The van der Waals surface area contributed by atoms with Gasteiger partial charge in [-0.05, 0) is 30.8 Å². The summed E-state index contributed by atoms with van der Waals surface area (Å²) in [7, 11) is 1.60. The lowest BCUT2D eigenvalue weighted by Crippen LogP contribution is -2.22. The number of rotatable bonds is 3. The van der Waals surface area contributed by atoms with Crippen molar-refractivity contribution in [3.8, 4) is 0 Å². The minimum atomic E-state index is -4.42. The summed E-state index contributed by atoms with van der Waals surface area (Å²) in [6, 6.07) is 7.08. The maximum Gasteiger partial charge on any atom is 0.416 e. The Morgan fingerprint density at radius 2 is 2.00 bits per heavy atom. The number of hydrogen-bond acceptors (Lipinski definition) is 2. The minimum absolute atomic E-state index is 0.0739. The van der Waals surface area contributed by atoms with Gasteiger partial charge in [0.25, 0.3) is 0 Å². The standard InChI is InChI=1S/C14H12ClF3N2/c1-19-13(9-3-2-4-10(15)7-9)11-8-20-6-5-12(11)14(16,17)18/h2-8,13,19H,1H3. The molecule has 1 aromatic carbocycles. The Labute approximate surface area is 119 Å². The van der Waals surface area contributed by atoms with E-state index >= 15 is 0 Å². The number of pyridine rings is 1. The normalized spacial score (nSPS) is 13.2. The van der Waals surface area contributed by atoms with Gasteiger partial charge in [-0.25, -0.2) is 0 Å². The summed E-state index contributed by atoms with van der Waals surface area (Å²) in [6.45, 7) is 0. The van der Waals surface area contributed by atoms with Crippen molar-refractivity contribution in [2.75, 3.05) is 7.05 Å². The SMILES string of the molecule is CNC(c1cccc(Cl)c1)c1cnccc1C(F)(F)F. The Hall–Kier alpha value is -1.59. The van der Waals surface area contributed by atoms with Crippen molar-refractivity contribution < 1.29 is 13.2 Å². The van der Waals surface area contributed by atoms with Gasteiger partial charge in [0, 0.05) is 23.0 Å². The van der Waals surface area contributed by atoms with E-state index in [0.29, 0.717) is 10.6 Å². The fourth-order valence-corrected chi connectivity index (χ4v) is 2.28. The Morgan fingerprint density at radius 3 is 2.60 bits per heavy atom. The Balaban J connectivity index is 2.53. The van der Waals surface area contributed by atoms with E-state index < -0.39 is 17.8 Å². The quantitative estimate of drug-likeness (QED) is 0.924. The minimum Gasteiger partial charge on any atom is -0.309 e. The van der Waals surface area contributed by atoms with E-state index in [1.807, 2.05) is 0 Å². The van der Waals surface area contributed by atoms with Gasteiger partial charge < -0.3 is 5.32 Å². The molecule has 1 aromatic heterocycles. The first kappa shape index (κ1) is 14.8. The number of nitrogens with one attached hydrogen (secondary N) is 1. The molecule has 0 aliphatic carbocycles. The van der Waals surface area contributed by atoms with E-state index in [-0.39, 0.29) is 5.56 Å². The molecule has 1 atom stereocenters. The highest BCUT2D eigenvalue weighted by molar-refractivity contribution is 6.30. The third kappa shape index (κ3) is 3.11. The average molecular weight is 301 g/mol. The predicted octanol–water partition coefficient (Wildman–Crippen LogP) is 4.06. The zero-order valence-electron chi connectivity index (χ0n) is 10.6. The van der Waals surface area contributed by atoms with Crippen LogP contribution in [0.25, 0.3) is 0 Å². The smallest absolute Gasteiger partial charge is 0.309 e. The third-order valence-corrected chi connectivity index (χ3v) is 3.17. The first-order chi connectivity index (χ1) is 9.43. The van der Waals surface area contributed by atoms with Crippen LogP contribution in [0.15, 0.2) is 42.7 Å². The van der Waals surface area contributed by atoms with Gasteiger partial charge in [-0.3, -0.25) is 4.98 Å². The molecule has 1 unspecified atom stereocenters. The van der Waals surface area contributed by atoms with Crippen molar-refractivity contribution in [2.45, 2.75) is 12.2 Å². The predicted molar refractivity (Wildman–Crippen MR) is 71.6 cm³/mol. The van der Waals surface area contributed by atoms with Crippen molar-refractivity contribution in [3.63, 3.8) is 0 Å². The van der Waals surface area contributed by atoms with Gasteiger partial charge in [-0.1, -0.05) is 23.7 Å². The number of hydrogen-bond donors (Lipinski definition) is 1. The van der Waals surface area contributed by atoms with Crippen molar-refractivity contribution >= 4 is 11.6 Å². The summed E-state index contributed by atoms with van der Waals surface area (Å²) in [6.07, 6.45) is -2.06. The molecular weight excluding hydrogens is 289 g/mol. The Kier molecular flexibility index (Phi) is 4.30. The fourth-order valence-electron chi connectivity index (χ4n) is 2.08. The summed E-state index contributed by atoms with van der Waals surface area (Å²) < 4.78 is 39.2. The number of benzene rings is 1. The lowest BCUT2D eigenvalue weighted by Gasteiger charge is -2.21. The molecule has 2 aromatic rings. The monoisotopic (exact) mass is 300 g/mol. The zero-order valence-corrected chi connectivity index (χ0v) is 11.3. The average Bonchev–Trinajstić information content (AvgIpc) is 2.39. The molecule has 20 heavy (non-hydrogen) atoms. The zero-order chi connectivity index (χ0) is 14.8. The first-order valence-corrected chi connectivity index (χ1v) is 6.25. The van der Waals surface area contributed by atoms with E-state index in [0.717, 1.165) is 12.3 Å². The van der Waals surface area contributed by atoms with Crippen LogP contribution in [0.1, 0.15) is 22.7 Å². The van der Waals surface area contributed by atoms with Gasteiger partial charge in [0.1, 0.15) is 0 Å². The van der Waals surface area contributed by atoms with Crippen LogP contribution in [-0.4, -0.2) is 12.0 Å². The van der Waals surface area contributed by atoms with Crippen LogP contribution in [0.4, 0.5) is 13.2 Å². The van der Waals surface area contributed by atoms with Gasteiger partial charge in [-0.15, -0.1) is 0 Å². The maximum atomic E-state index is 13.1. The second kappa shape index (κ2) is 5.81. The molecule has 106 valence electrons. The molecule has 6 heteroatoms. The van der Waals surface area contributed by atoms with Gasteiger partial charge in [0.15, 0.2) is 0 Å².